The Kier molecular flexibility index (Phi) is 8.51. The second-order valence-electron chi connectivity index (χ2n) is 10.9. The maximum Gasteiger partial charge on any atom is 0.229 e. The molecule has 1 saturated heterocycles. The lowest BCUT2D eigenvalue weighted by atomic mass is 9.84. The van der Waals surface area contributed by atoms with Gasteiger partial charge in [-0.05, 0) is 87.2 Å². The van der Waals surface area contributed by atoms with Gasteiger partial charge in [0.05, 0.1) is 24.2 Å². The Morgan fingerprint density at radius 1 is 1.08 bits per heavy atom. The molecule has 0 bridgehead atoms. The van der Waals surface area contributed by atoms with E-state index in [9.17, 15) is 0 Å². The molecule has 8 nitrogen and oxygen atoms in total. The molecular formula is C29H40ClN7O. The van der Waals surface area contributed by atoms with Crippen LogP contribution in [-0.4, -0.2) is 58.0 Å². The predicted molar refractivity (Wildman–Crippen MR) is 154 cm³/mol. The Bertz CT molecular complexity index is 1250. The standard InChI is InChI=1S/C29H40ClN7O/c1-19-15-26(33-29-31-17-25(30)28(34-29)32-27-18-36(3)35-20(27)2)23(8-7-21-5-6-21)16-24(19)22-9-11-37(12-10-22)13-14-38-4/h15-18,21-22H,5-14H2,1-4H3,(H2,31,32,33,34). The second kappa shape index (κ2) is 12.0. The van der Waals surface area contributed by atoms with Crippen LogP contribution >= 0.6 is 11.6 Å². The van der Waals surface area contributed by atoms with Crippen LogP contribution in [0.3, 0.4) is 0 Å². The summed E-state index contributed by atoms with van der Waals surface area (Å²) >= 11 is 6.45. The number of ether oxygens (including phenoxy) is 1. The van der Waals surface area contributed by atoms with Gasteiger partial charge in [-0.15, -0.1) is 0 Å². The molecule has 0 radical (unpaired) electrons. The highest BCUT2D eigenvalue weighted by molar-refractivity contribution is 6.32. The minimum atomic E-state index is 0.469. The van der Waals surface area contributed by atoms with Crippen LogP contribution in [0.4, 0.5) is 23.1 Å². The molecule has 1 aromatic carbocycles. The Balaban J connectivity index is 1.36. The SMILES string of the molecule is COCCN1CCC(c2cc(CCC3CC3)c(Nc3ncc(Cl)c(Nc4cn(C)nc4C)n3)cc2C)CC1. The molecule has 5 rings (SSSR count). The van der Waals surface area contributed by atoms with Crippen molar-refractivity contribution in [3.8, 4) is 0 Å². The van der Waals surface area contributed by atoms with Gasteiger partial charge in [0.15, 0.2) is 5.82 Å². The molecule has 1 aliphatic heterocycles. The monoisotopic (exact) mass is 537 g/mol. The average Bonchev–Trinajstić information content (AvgIpc) is 3.68. The molecule has 3 heterocycles. The van der Waals surface area contributed by atoms with Crippen LogP contribution in [0, 0.1) is 19.8 Å². The summed E-state index contributed by atoms with van der Waals surface area (Å²) in [5, 5.41) is 11.7. The van der Waals surface area contributed by atoms with Gasteiger partial charge in [0.2, 0.25) is 5.95 Å². The number of anilines is 4. The van der Waals surface area contributed by atoms with E-state index in [1.165, 1.54) is 48.8 Å². The number of piperidine rings is 1. The highest BCUT2D eigenvalue weighted by Gasteiger charge is 2.25. The lowest BCUT2D eigenvalue weighted by molar-refractivity contribution is 0.130. The van der Waals surface area contributed by atoms with Gasteiger partial charge < -0.3 is 20.3 Å². The topological polar surface area (TPSA) is 80.1 Å². The number of hydrogen-bond donors (Lipinski definition) is 2. The third kappa shape index (κ3) is 6.65. The number of aromatic nitrogens is 4. The van der Waals surface area contributed by atoms with Gasteiger partial charge in [0, 0.05) is 32.6 Å². The predicted octanol–water partition coefficient (Wildman–Crippen LogP) is 6.14. The van der Waals surface area contributed by atoms with E-state index < -0.39 is 0 Å². The number of nitrogens with one attached hydrogen (secondary N) is 2. The van der Waals surface area contributed by atoms with Crippen molar-refractivity contribution >= 4 is 34.7 Å². The number of methoxy groups -OCH3 is 1. The van der Waals surface area contributed by atoms with Gasteiger partial charge >= 0.3 is 0 Å². The van der Waals surface area contributed by atoms with E-state index >= 15 is 0 Å². The van der Waals surface area contributed by atoms with E-state index in [0.717, 1.165) is 55.6 Å². The molecule has 1 aliphatic carbocycles. The largest absolute Gasteiger partial charge is 0.383 e. The average molecular weight is 538 g/mol. The van der Waals surface area contributed by atoms with Gasteiger partial charge in [-0.25, -0.2) is 4.98 Å². The first-order valence-corrected chi connectivity index (χ1v) is 14.2. The van der Waals surface area contributed by atoms with E-state index in [0.29, 0.717) is 22.7 Å². The molecule has 38 heavy (non-hydrogen) atoms. The molecule has 0 atom stereocenters. The summed E-state index contributed by atoms with van der Waals surface area (Å²) in [5.41, 5.74) is 7.04. The summed E-state index contributed by atoms with van der Waals surface area (Å²) in [6.45, 7) is 8.29. The van der Waals surface area contributed by atoms with E-state index in [4.69, 9.17) is 21.3 Å². The van der Waals surface area contributed by atoms with Gasteiger partial charge in [0.1, 0.15) is 5.02 Å². The summed E-state index contributed by atoms with van der Waals surface area (Å²) in [6, 6.07) is 4.76. The van der Waals surface area contributed by atoms with Crippen molar-refractivity contribution in [3.05, 3.63) is 51.9 Å². The van der Waals surface area contributed by atoms with Gasteiger partial charge in [-0.2, -0.15) is 10.1 Å². The molecule has 204 valence electrons. The second-order valence-corrected chi connectivity index (χ2v) is 11.3. The van der Waals surface area contributed by atoms with E-state index in [1.807, 2.05) is 20.2 Å². The zero-order chi connectivity index (χ0) is 26.6. The number of rotatable bonds is 11. The minimum Gasteiger partial charge on any atom is -0.383 e. The molecule has 9 heteroatoms. The van der Waals surface area contributed by atoms with Crippen molar-refractivity contribution in [2.45, 2.75) is 58.3 Å². The smallest absolute Gasteiger partial charge is 0.229 e. The van der Waals surface area contributed by atoms with Crippen LogP contribution in [0.2, 0.25) is 5.02 Å². The summed E-state index contributed by atoms with van der Waals surface area (Å²) < 4.78 is 7.05. The Morgan fingerprint density at radius 3 is 2.55 bits per heavy atom. The molecule has 2 aliphatic rings. The van der Waals surface area contributed by atoms with Crippen LogP contribution in [0.1, 0.15) is 60.4 Å². The molecule has 3 aromatic rings. The van der Waals surface area contributed by atoms with E-state index in [2.05, 4.69) is 44.7 Å². The van der Waals surface area contributed by atoms with Crippen LogP contribution in [0.5, 0.6) is 0 Å². The number of aryl methyl sites for hydroxylation is 4. The van der Waals surface area contributed by atoms with Crippen molar-refractivity contribution < 1.29 is 4.74 Å². The molecule has 0 amide bonds. The number of hydrogen-bond acceptors (Lipinski definition) is 7. The summed E-state index contributed by atoms with van der Waals surface area (Å²) in [5.74, 6) is 2.58. The highest BCUT2D eigenvalue weighted by atomic mass is 35.5. The Morgan fingerprint density at radius 2 is 1.87 bits per heavy atom. The molecular weight excluding hydrogens is 498 g/mol. The van der Waals surface area contributed by atoms with Crippen LogP contribution < -0.4 is 10.6 Å². The maximum absolute atomic E-state index is 6.45. The molecule has 2 fully saturated rings. The third-order valence-electron chi connectivity index (χ3n) is 7.91. The fourth-order valence-electron chi connectivity index (χ4n) is 5.47. The lowest BCUT2D eigenvalue weighted by Gasteiger charge is -2.33. The first-order valence-electron chi connectivity index (χ1n) is 13.8. The van der Waals surface area contributed by atoms with E-state index in [-0.39, 0.29) is 0 Å². The van der Waals surface area contributed by atoms with Crippen molar-refractivity contribution in [1.82, 2.24) is 24.6 Å². The minimum absolute atomic E-state index is 0.469. The highest BCUT2D eigenvalue weighted by Crippen LogP contribution is 2.38. The van der Waals surface area contributed by atoms with Crippen LogP contribution in [-0.2, 0) is 18.2 Å². The van der Waals surface area contributed by atoms with Crippen LogP contribution in [0.15, 0.2) is 24.5 Å². The van der Waals surface area contributed by atoms with Gasteiger partial charge in [-0.1, -0.05) is 30.5 Å². The van der Waals surface area contributed by atoms with E-state index in [1.54, 1.807) is 18.0 Å². The van der Waals surface area contributed by atoms with Crippen molar-refractivity contribution in [1.29, 1.82) is 0 Å². The number of likely N-dealkylation sites (tertiary alicyclic amines) is 1. The molecule has 2 aromatic heterocycles. The molecule has 2 N–H and O–H groups in total. The maximum atomic E-state index is 6.45. The zero-order valence-electron chi connectivity index (χ0n) is 23.1. The number of halogens is 1. The molecule has 0 unspecified atom stereocenters. The Hall–Kier alpha value is -2.68. The van der Waals surface area contributed by atoms with Crippen molar-refractivity contribution in [3.63, 3.8) is 0 Å². The van der Waals surface area contributed by atoms with Crippen LogP contribution in [0.25, 0.3) is 0 Å². The number of benzene rings is 1. The summed E-state index contributed by atoms with van der Waals surface area (Å²) in [7, 11) is 3.68. The van der Waals surface area contributed by atoms with Crippen molar-refractivity contribution in [2.24, 2.45) is 13.0 Å². The van der Waals surface area contributed by atoms with Gasteiger partial charge in [0.25, 0.3) is 0 Å². The quantitative estimate of drug-likeness (QED) is 0.304. The zero-order valence-corrected chi connectivity index (χ0v) is 23.8. The number of nitrogens with zero attached hydrogens (tertiary/aromatic N) is 5. The molecule has 1 saturated carbocycles. The Labute approximate surface area is 231 Å². The lowest BCUT2D eigenvalue weighted by Crippen LogP contribution is -2.35. The first-order chi connectivity index (χ1) is 18.4. The fraction of sp³-hybridized carbons (Fsp3) is 0.552. The summed E-state index contributed by atoms with van der Waals surface area (Å²) in [4.78, 5) is 11.7. The van der Waals surface area contributed by atoms with Gasteiger partial charge in [-0.3, -0.25) is 4.68 Å². The fourth-order valence-corrected chi connectivity index (χ4v) is 5.61. The molecule has 0 spiro atoms. The third-order valence-corrected chi connectivity index (χ3v) is 8.18. The first kappa shape index (κ1) is 26.9. The normalized spacial score (nSPS) is 16.7. The van der Waals surface area contributed by atoms with Crippen molar-refractivity contribution in [2.75, 3.05) is 44.0 Å². The summed E-state index contributed by atoms with van der Waals surface area (Å²) in [6.07, 6.45) is 11.0.